The Morgan fingerprint density at radius 1 is 1.04 bits per heavy atom. The first-order chi connectivity index (χ1) is 11.9. The molecule has 0 unspecified atom stereocenters. The van der Waals surface area contributed by atoms with Crippen LogP contribution in [-0.4, -0.2) is 22.9 Å². The van der Waals surface area contributed by atoms with Crippen LogP contribution in [0, 0.1) is 0 Å². The number of ketones is 1. The first-order valence-electron chi connectivity index (χ1n) is 7.18. The third-order valence-corrected chi connectivity index (χ3v) is 4.57. The summed E-state index contributed by atoms with van der Waals surface area (Å²) in [7, 11) is 0. The van der Waals surface area contributed by atoms with E-state index in [9.17, 15) is 22.8 Å². The number of halogens is 3. The van der Waals surface area contributed by atoms with Gasteiger partial charge in [0.2, 0.25) is 0 Å². The van der Waals surface area contributed by atoms with Crippen molar-refractivity contribution in [3.63, 3.8) is 0 Å². The normalized spacial score (nSPS) is 11.5. The zero-order valence-corrected chi connectivity index (χ0v) is 13.4. The second-order valence-corrected chi connectivity index (χ2v) is 6.24. The summed E-state index contributed by atoms with van der Waals surface area (Å²) in [5, 5.41) is 3.53. The van der Waals surface area contributed by atoms with E-state index < -0.39 is 22.7 Å². The molecule has 0 saturated heterocycles. The Bertz CT molecular complexity index is 945. The molecule has 0 aliphatic rings. The Hall–Kier alpha value is -2.74. The van der Waals surface area contributed by atoms with Gasteiger partial charge in [-0.15, -0.1) is 11.3 Å². The number of hydrogen-bond acceptors (Lipinski definition) is 4. The van der Waals surface area contributed by atoms with Gasteiger partial charge in [0.25, 0.3) is 11.7 Å². The van der Waals surface area contributed by atoms with E-state index in [4.69, 9.17) is 0 Å². The molecule has 0 fully saturated rings. The van der Waals surface area contributed by atoms with E-state index in [0.717, 1.165) is 22.5 Å². The average molecular weight is 364 g/mol. The van der Waals surface area contributed by atoms with Gasteiger partial charge in [-0.25, -0.2) is 0 Å². The third-order valence-electron chi connectivity index (χ3n) is 3.49. The summed E-state index contributed by atoms with van der Waals surface area (Å²) in [6, 6.07) is 11.4. The highest BCUT2D eigenvalue weighted by molar-refractivity contribution is 7.16. The van der Waals surface area contributed by atoms with E-state index in [1.54, 1.807) is 12.3 Å². The molecule has 0 saturated carbocycles. The molecule has 2 aromatic heterocycles. The Labute approximate surface area is 144 Å². The van der Waals surface area contributed by atoms with Crippen LogP contribution < -0.4 is 5.32 Å². The van der Waals surface area contributed by atoms with E-state index in [1.165, 1.54) is 6.07 Å². The average Bonchev–Trinajstić information content (AvgIpc) is 3.08. The molecular weight excluding hydrogens is 353 g/mol. The summed E-state index contributed by atoms with van der Waals surface area (Å²) in [4.78, 5) is 27.1. The Morgan fingerprint density at radius 2 is 1.80 bits per heavy atom. The van der Waals surface area contributed by atoms with Gasteiger partial charge in [0.1, 0.15) is 0 Å². The second-order valence-electron chi connectivity index (χ2n) is 5.16. The van der Waals surface area contributed by atoms with E-state index in [0.29, 0.717) is 11.3 Å². The number of alkyl halides is 3. The summed E-state index contributed by atoms with van der Waals surface area (Å²) in [5.74, 6) is -2.48. The summed E-state index contributed by atoms with van der Waals surface area (Å²) in [5.41, 5.74) is 1.62. The van der Waals surface area contributed by atoms with Crippen molar-refractivity contribution in [3.8, 4) is 0 Å². The number of benzene rings is 1. The summed E-state index contributed by atoms with van der Waals surface area (Å²) in [6.45, 7) is 0.197. The number of nitrogens with one attached hydrogen (secondary N) is 1. The smallest absolute Gasteiger partial charge is 0.347 e. The van der Waals surface area contributed by atoms with Gasteiger partial charge in [-0.2, -0.15) is 13.2 Å². The molecule has 0 aliphatic carbocycles. The van der Waals surface area contributed by atoms with Gasteiger partial charge in [0.05, 0.1) is 15.3 Å². The molecule has 3 rings (SSSR count). The number of hydrogen-bond donors (Lipinski definition) is 1. The lowest BCUT2D eigenvalue weighted by molar-refractivity contribution is -0.0882. The predicted octanol–water partition coefficient (Wildman–Crippen LogP) is 3.97. The fourth-order valence-electron chi connectivity index (χ4n) is 2.31. The lowest BCUT2D eigenvalue weighted by Gasteiger charge is -2.07. The highest BCUT2D eigenvalue weighted by atomic mass is 32.1. The molecule has 128 valence electrons. The van der Waals surface area contributed by atoms with Crippen LogP contribution in [0.2, 0.25) is 0 Å². The maximum absolute atomic E-state index is 12.4. The van der Waals surface area contributed by atoms with E-state index in [-0.39, 0.29) is 11.4 Å². The van der Waals surface area contributed by atoms with Gasteiger partial charge in [0.15, 0.2) is 0 Å². The van der Waals surface area contributed by atoms with Crippen LogP contribution in [0.3, 0.4) is 0 Å². The molecule has 8 heteroatoms. The Morgan fingerprint density at radius 3 is 2.56 bits per heavy atom. The van der Waals surface area contributed by atoms with Crippen molar-refractivity contribution in [2.24, 2.45) is 0 Å². The summed E-state index contributed by atoms with van der Waals surface area (Å²) >= 11 is 0.521. The number of amides is 1. The van der Waals surface area contributed by atoms with Crippen LogP contribution in [0.25, 0.3) is 10.9 Å². The van der Waals surface area contributed by atoms with Crippen LogP contribution in [0.4, 0.5) is 13.2 Å². The minimum absolute atomic E-state index is 0.0472. The van der Waals surface area contributed by atoms with Crippen molar-refractivity contribution in [3.05, 3.63) is 64.0 Å². The number of rotatable bonds is 4. The fourth-order valence-corrected chi connectivity index (χ4v) is 3.19. The van der Waals surface area contributed by atoms with Gasteiger partial charge in [-0.3, -0.25) is 14.6 Å². The maximum atomic E-state index is 12.4. The maximum Gasteiger partial charge on any atom is 0.455 e. The number of Topliss-reactive ketones (excluding diaryl/α,β-unsaturated/α-hetero) is 1. The number of thiophene rings is 1. The summed E-state index contributed by atoms with van der Waals surface area (Å²) in [6.07, 6.45) is -3.29. The minimum Gasteiger partial charge on any atom is -0.347 e. The van der Waals surface area contributed by atoms with E-state index >= 15 is 0 Å². The number of aromatic nitrogens is 1. The Balaban J connectivity index is 1.73. The zero-order valence-electron chi connectivity index (χ0n) is 12.6. The van der Waals surface area contributed by atoms with Crippen molar-refractivity contribution >= 4 is 33.9 Å². The molecule has 0 atom stereocenters. The lowest BCUT2D eigenvalue weighted by atomic mass is 10.1. The van der Waals surface area contributed by atoms with Gasteiger partial charge in [-0.1, -0.05) is 18.2 Å². The molecule has 3 aromatic rings. The van der Waals surface area contributed by atoms with Crippen LogP contribution in [0.5, 0.6) is 0 Å². The molecule has 2 heterocycles. The van der Waals surface area contributed by atoms with Gasteiger partial charge >= 0.3 is 6.18 Å². The molecule has 1 aromatic carbocycles. The highest BCUT2D eigenvalue weighted by Gasteiger charge is 2.40. The topological polar surface area (TPSA) is 59.1 Å². The van der Waals surface area contributed by atoms with Crippen molar-refractivity contribution in [1.29, 1.82) is 0 Å². The standard InChI is InChI=1S/C17H11F3N2O2S/c18-17(19,20)15(23)13-6-7-14(25-13)16(24)22-9-10-3-1-5-12-11(10)4-2-8-21-12/h1-8H,9H2,(H,22,24). The van der Waals surface area contributed by atoms with Crippen molar-refractivity contribution < 1.29 is 22.8 Å². The summed E-state index contributed by atoms with van der Waals surface area (Å²) < 4.78 is 37.2. The molecule has 1 N–H and O–H groups in total. The van der Waals surface area contributed by atoms with Crippen LogP contribution in [0.15, 0.2) is 48.7 Å². The molecule has 0 spiro atoms. The predicted molar refractivity (Wildman–Crippen MR) is 87.6 cm³/mol. The van der Waals surface area contributed by atoms with E-state index in [2.05, 4.69) is 10.3 Å². The highest BCUT2D eigenvalue weighted by Crippen LogP contribution is 2.26. The molecule has 0 bridgehead atoms. The van der Waals surface area contributed by atoms with Gasteiger partial charge in [-0.05, 0) is 29.8 Å². The molecule has 4 nitrogen and oxygen atoms in total. The number of fused-ring (bicyclic) bond motifs is 1. The van der Waals surface area contributed by atoms with Crippen molar-refractivity contribution in [1.82, 2.24) is 10.3 Å². The SMILES string of the molecule is O=C(NCc1cccc2ncccc12)c1ccc(C(=O)C(F)(F)F)s1. The number of pyridine rings is 1. The first kappa shape index (κ1) is 17.1. The Kier molecular flexibility index (Phi) is 4.54. The van der Waals surface area contributed by atoms with Crippen molar-refractivity contribution in [2.45, 2.75) is 12.7 Å². The monoisotopic (exact) mass is 364 g/mol. The molecule has 1 amide bonds. The fraction of sp³-hybridized carbons (Fsp3) is 0.118. The zero-order chi connectivity index (χ0) is 18.0. The number of carbonyl (C=O) groups is 2. The van der Waals surface area contributed by atoms with Gasteiger partial charge < -0.3 is 5.32 Å². The largest absolute Gasteiger partial charge is 0.455 e. The minimum atomic E-state index is -4.95. The van der Waals surface area contributed by atoms with Crippen molar-refractivity contribution in [2.75, 3.05) is 0 Å². The van der Waals surface area contributed by atoms with Crippen LogP contribution >= 0.6 is 11.3 Å². The second kappa shape index (κ2) is 6.64. The quantitative estimate of drug-likeness (QED) is 0.713. The van der Waals surface area contributed by atoms with Crippen LogP contribution in [-0.2, 0) is 6.54 Å². The van der Waals surface area contributed by atoms with Crippen LogP contribution in [0.1, 0.15) is 24.9 Å². The third kappa shape index (κ3) is 3.69. The van der Waals surface area contributed by atoms with E-state index in [1.807, 2.05) is 24.3 Å². The lowest BCUT2D eigenvalue weighted by Crippen LogP contribution is -2.22. The molecule has 0 radical (unpaired) electrons. The number of nitrogens with zero attached hydrogens (tertiary/aromatic N) is 1. The number of carbonyl (C=O) groups excluding carboxylic acids is 2. The molecule has 25 heavy (non-hydrogen) atoms. The molecular formula is C17H11F3N2O2S. The first-order valence-corrected chi connectivity index (χ1v) is 8.00. The van der Waals surface area contributed by atoms with Gasteiger partial charge in [0, 0.05) is 18.1 Å². The molecule has 0 aliphatic heterocycles.